The van der Waals surface area contributed by atoms with Crippen LogP contribution in [0.5, 0.6) is 0 Å². The van der Waals surface area contributed by atoms with Crippen molar-refractivity contribution in [1.29, 1.82) is 0 Å². The predicted molar refractivity (Wildman–Crippen MR) is 126 cm³/mol. The molecule has 0 radical (unpaired) electrons. The van der Waals surface area contributed by atoms with Gasteiger partial charge in [-0.1, -0.05) is 13.0 Å². The molecule has 3 aromatic rings. The maximum atomic E-state index is 14.8. The van der Waals surface area contributed by atoms with Crippen molar-refractivity contribution >= 4 is 44.1 Å². The molecule has 0 atom stereocenters. The summed E-state index contributed by atoms with van der Waals surface area (Å²) in [5.74, 6) is -0.470. The molecule has 1 aliphatic carbocycles. The molecule has 0 aliphatic heterocycles. The van der Waals surface area contributed by atoms with Gasteiger partial charge >= 0.3 is 6.09 Å². The summed E-state index contributed by atoms with van der Waals surface area (Å²) in [4.78, 5) is 12.6. The summed E-state index contributed by atoms with van der Waals surface area (Å²) in [5, 5.41) is 7.16. The number of nitrogens with zero attached hydrogens (tertiary/aromatic N) is 2. The van der Waals surface area contributed by atoms with Crippen LogP contribution in [0.3, 0.4) is 0 Å². The number of anilines is 3. The van der Waals surface area contributed by atoms with Gasteiger partial charge in [0.05, 0.1) is 34.0 Å². The van der Waals surface area contributed by atoms with E-state index in [0.717, 1.165) is 10.2 Å². The SMILES string of the molecule is CCc1ccc(Nc2c(NS(=O)(=O)C3CC3)ccc3c2cnn3C(=O)OC(C)(C)C)c(F)c1. The largest absolute Gasteiger partial charge is 0.442 e. The van der Waals surface area contributed by atoms with E-state index in [1.54, 1.807) is 39.0 Å². The lowest BCUT2D eigenvalue weighted by Gasteiger charge is -2.19. The molecule has 1 fully saturated rings. The number of benzene rings is 2. The molecule has 33 heavy (non-hydrogen) atoms. The zero-order valence-electron chi connectivity index (χ0n) is 19.0. The second-order valence-corrected chi connectivity index (χ2v) is 11.1. The molecule has 176 valence electrons. The third-order valence-corrected chi connectivity index (χ3v) is 7.09. The van der Waals surface area contributed by atoms with Gasteiger partial charge in [0, 0.05) is 5.39 Å². The van der Waals surface area contributed by atoms with E-state index in [2.05, 4.69) is 15.1 Å². The molecule has 0 spiro atoms. The summed E-state index contributed by atoms with van der Waals surface area (Å²) in [6.45, 7) is 7.17. The zero-order valence-corrected chi connectivity index (χ0v) is 19.8. The number of rotatable bonds is 6. The van der Waals surface area contributed by atoms with Crippen LogP contribution in [0, 0.1) is 5.82 Å². The number of aryl methyl sites for hydroxylation is 1. The Balaban J connectivity index is 1.80. The Bertz CT molecular complexity index is 1320. The molecule has 1 heterocycles. The molecule has 8 nitrogen and oxygen atoms in total. The molecular formula is C23H27FN4O4S. The minimum atomic E-state index is -3.58. The van der Waals surface area contributed by atoms with E-state index in [-0.39, 0.29) is 11.4 Å². The van der Waals surface area contributed by atoms with Crippen LogP contribution in [0.4, 0.5) is 26.2 Å². The fourth-order valence-corrected chi connectivity index (χ4v) is 4.80. The lowest BCUT2D eigenvalue weighted by Crippen LogP contribution is -2.27. The summed E-state index contributed by atoms with van der Waals surface area (Å²) in [7, 11) is -3.58. The molecular weight excluding hydrogens is 447 g/mol. The predicted octanol–water partition coefficient (Wildman–Crippen LogP) is 5.17. The number of hydrogen-bond donors (Lipinski definition) is 2. The average Bonchev–Trinajstić information content (AvgIpc) is 3.50. The molecule has 2 N–H and O–H groups in total. The normalized spacial score (nSPS) is 14.3. The summed E-state index contributed by atoms with van der Waals surface area (Å²) >= 11 is 0. The molecule has 4 rings (SSSR count). The van der Waals surface area contributed by atoms with Crippen molar-refractivity contribution in [2.24, 2.45) is 0 Å². The molecule has 1 aliphatic rings. The third kappa shape index (κ3) is 4.95. The van der Waals surface area contributed by atoms with Crippen molar-refractivity contribution in [3.05, 3.63) is 47.9 Å². The Hall–Kier alpha value is -3.14. The van der Waals surface area contributed by atoms with E-state index in [4.69, 9.17) is 4.74 Å². The first-order valence-corrected chi connectivity index (χ1v) is 12.3. The second-order valence-electron chi connectivity index (χ2n) is 9.10. The van der Waals surface area contributed by atoms with E-state index >= 15 is 0 Å². The number of aromatic nitrogens is 2. The Labute approximate surface area is 192 Å². The van der Waals surface area contributed by atoms with Crippen molar-refractivity contribution in [2.45, 2.75) is 57.8 Å². The highest BCUT2D eigenvalue weighted by Crippen LogP contribution is 2.38. The van der Waals surface area contributed by atoms with E-state index in [0.29, 0.717) is 35.9 Å². The number of hydrogen-bond acceptors (Lipinski definition) is 6. The lowest BCUT2D eigenvalue weighted by atomic mass is 10.1. The molecule has 2 aromatic carbocycles. The fourth-order valence-electron chi connectivity index (χ4n) is 3.40. The van der Waals surface area contributed by atoms with Crippen LogP contribution in [-0.2, 0) is 21.2 Å². The highest BCUT2D eigenvalue weighted by atomic mass is 32.2. The Morgan fingerprint density at radius 3 is 2.52 bits per heavy atom. The molecule has 0 saturated heterocycles. The van der Waals surface area contributed by atoms with Crippen LogP contribution in [0.15, 0.2) is 36.5 Å². The van der Waals surface area contributed by atoms with Crippen molar-refractivity contribution < 1.29 is 22.3 Å². The standard InChI is InChI=1S/C23H27FN4O4S/c1-5-14-6-9-18(17(24)12-14)26-21-16-13-25-28(22(29)32-23(2,3)4)20(16)11-10-19(21)27-33(30,31)15-7-8-15/h6,9-13,15,26-27H,5,7-8H2,1-4H3. The van der Waals surface area contributed by atoms with Crippen molar-refractivity contribution in [2.75, 3.05) is 10.0 Å². The molecule has 0 amide bonds. The lowest BCUT2D eigenvalue weighted by molar-refractivity contribution is 0.0522. The van der Waals surface area contributed by atoms with Gasteiger partial charge in [-0.15, -0.1) is 0 Å². The Morgan fingerprint density at radius 2 is 1.91 bits per heavy atom. The number of sulfonamides is 1. The van der Waals surface area contributed by atoms with Crippen LogP contribution in [0.1, 0.15) is 46.1 Å². The minimum Gasteiger partial charge on any atom is -0.442 e. The first-order chi connectivity index (χ1) is 15.5. The summed E-state index contributed by atoms with van der Waals surface area (Å²) in [6, 6.07) is 7.94. The van der Waals surface area contributed by atoms with E-state index in [9.17, 15) is 17.6 Å². The van der Waals surface area contributed by atoms with Crippen LogP contribution in [0.2, 0.25) is 0 Å². The van der Waals surface area contributed by atoms with Gasteiger partial charge in [-0.05, 0) is 69.9 Å². The van der Waals surface area contributed by atoms with Gasteiger partial charge in [0.15, 0.2) is 0 Å². The molecule has 0 bridgehead atoms. The van der Waals surface area contributed by atoms with Gasteiger partial charge in [0.25, 0.3) is 0 Å². The van der Waals surface area contributed by atoms with Crippen molar-refractivity contribution in [3.63, 3.8) is 0 Å². The number of nitrogens with one attached hydrogen (secondary N) is 2. The van der Waals surface area contributed by atoms with E-state index in [1.165, 1.54) is 18.3 Å². The monoisotopic (exact) mass is 474 g/mol. The summed E-state index contributed by atoms with van der Waals surface area (Å²) in [6.07, 6.45) is 2.64. The molecule has 0 unspecified atom stereocenters. The molecule has 1 aromatic heterocycles. The first-order valence-electron chi connectivity index (χ1n) is 10.8. The highest BCUT2D eigenvalue weighted by molar-refractivity contribution is 7.93. The summed E-state index contributed by atoms with van der Waals surface area (Å²) < 4.78 is 49.1. The highest BCUT2D eigenvalue weighted by Gasteiger charge is 2.36. The molecule has 10 heteroatoms. The topological polar surface area (TPSA) is 102 Å². The quantitative estimate of drug-likeness (QED) is 0.511. The second kappa shape index (κ2) is 8.33. The number of carbonyl (C=O) groups excluding carboxylic acids is 1. The van der Waals surface area contributed by atoms with Crippen molar-refractivity contribution in [3.8, 4) is 0 Å². The first kappa shape index (κ1) is 23.0. The maximum Gasteiger partial charge on any atom is 0.435 e. The van der Waals surface area contributed by atoms with Gasteiger partial charge in [-0.2, -0.15) is 9.78 Å². The average molecular weight is 475 g/mol. The van der Waals surface area contributed by atoms with Crippen LogP contribution in [-0.4, -0.2) is 35.1 Å². The third-order valence-electron chi connectivity index (χ3n) is 5.24. The van der Waals surface area contributed by atoms with Crippen LogP contribution >= 0.6 is 0 Å². The van der Waals surface area contributed by atoms with Crippen LogP contribution in [0.25, 0.3) is 10.9 Å². The van der Waals surface area contributed by atoms with Gasteiger partial charge < -0.3 is 10.1 Å². The summed E-state index contributed by atoms with van der Waals surface area (Å²) in [5.41, 5.74) is 1.24. The smallest absolute Gasteiger partial charge is 0.435 e. The maximum absolute atomic E-state index is 14.8. The van der Waals surface area contributed by atoms with Gasteiger partial charge in [-0.3, -0.25) is 4.72 Å². The fraction of sp³-hybridized carbons (Fsp3) is 0.391. The van der Waals surface area contributed by atoms with Crippen molar-refractivity contribution in [1.82, 2.24) is 9.78 Å². The van der Waals surface area contributed by atoms with Gasteiger partial charge in [-0.25, -0.2) is 17.6 Å². The number of ether oxygens (including phenoxy) is 1. The zero-order chi connectivity index (χ0) is 24.0. The Kier molecular flexibility index (Phi) is 5.81. The van der Waals surface area contributed by atoms with E-state index < -0.39 is 32.8 Å². The molecule has 1 saturated carbocycles. The number of carbonyl (C=O) groups is 1. The number of fused-ring (bicyclic) bond motifs is 1. The Morgan fingerprint density at radius 1 is 1.21 bits per heavy atom. The number of halogens is 1. The van der Waals surface area contributed by atoms with E-state index in [1.807, 2.05) is 6.92 Å². The van der Waals surface area contributed by atoms with Gasteiger partial charge in [0.1, 0.15) is 11.4 Å². The minimum absolute atomic E-state index is 0.177. The van der Waals surface area contributed by atoms with Gasteiger partial charge in [0.2, 0.25) is 10.0 Å². The van der Waals surface area contributed by atoms with Crippen LogP contribution < -0.4 is 10.0 Å².